The van der Waals surface area contributed by atoms with Gasteiger partial charge in [-0.3, -0.25) is 4.79 Å². The van der Waals surface area contributed by atoms with Crippen LogP contribution in [0, 0.1) is 6.92 Å². The van der Waals surface area contributed by atoms with Crippen LogP contribution in [0.5, 0.6) is 0 Å². The Labute approximate surface area is 111 Å². The van der Waals surface area contributed by atoms with Crippen LogP contribution in [-0.4, -0.2) is 30.6 Å². The number of aromatic nitrogens is 5. The lowest BCUT2D eigenvalue weighted by molar-refractivity contribution is 0.0923. The molecule has 2 N–H and O–H groups in total. The molecule has 0 radical (unpaired) electrons. The van der Waals surface area contributed by atoms with Gasteiger partial charge in [0.25, 0.3) is 5.91 Å². The first-order valence-electron chi connectivity index (χ1n) is 6.35. The Morgan fingerprint density at radius 2 is 2.26 bits per heavy atom. The lowest BCUT2D eigenvalue weighted by Crippen LogP contribution is -2.31. The summed E-state index contributed by atoms with van der Waals surface area (Å²) in [5.74, 6) is 0.853. The Morgan fingerprint density at radius 1 is 1.47 bits per heavy atom. The Bertz CT molecular complexity index is 558. The second kappa shape index (κ2) is 5.64. The Kier molecular flexibility index (Phi) is 3.94. The van der Waals surface area contributed by atoms with Crippen molar-refractivity contribution in [2.75, 3.05) is 0 Å². The summed E-state index contributed by atoms with van der Waals surface area (Å²) < 4.78 is 1.78. The Hall–Kier alpha value is -2.18. The Balaban J connectivity index is 2.13. The summed E-state index contributed by atoms with van der Waals surface area (Å²) in [5.41, 5.74) is 0.856. The van der Waals surface area contributed by atoms with Gasteiger partial charge in [-0.15, -0.1) is 0 Å². The van der Waals surface area contributed by atoms with Crippen molar-refractivity contribution in [3.05, 3.63) is 29.9 Å². The molecule has 2 aromatic heterocycles. The summed E-state index contributed by atoms with van der Waals surface area (Å²) in [5, 5.41) is 7.04. The molecule has 0 aliphatic rings. The highest BCUT2D eigenvalue weighted by atomic mass is 16.2. The maximum absolute atomic E-state index is 12.1. The number of imidazole rings is 1. The van der Waals surface area contributed by atoms with E-state index in [0.29, 0.717) is 5.82 Å². The molecule has 7 heteroatoms. The number of hydrogen-bond acceptors (Lipinski definition) is 4. The summed E-state index contributed by atoms with van der Waals surface area (Å²) in [6, 6.07) is -0.166. The number of aryl methyl sites for hydroxylation is 2. The number of hydrogen-bond donors (Lipinski definition) is 2. The van der Waals surface area contributed by atoms with Gasteiger partial charge in [0.05, 0.1) is 6.04 Å². The summed E-state index contributed by atoms with van der Waals surface area (Å²) >= 11 is 0. The van der Waals surface area contributed by atoms with Crippen molar-refractivity contribution in [1.29, 1.82) is 0 Å². The van der Waals surface area contributed by atoms with E-state index in [1.807, 2.05) is 20.8 Å². The first-order valence-corrected chi connectivity index (χ1v) is 6.35. The van der Waals surface area contributed by atoms with Gasteiger partial charge in [-0.25, -0.2) is 14.6 Å². The highest BCUT2D eigenvalue weighted by molar-refractivity contribution is 5.90. The molecule has 0 aliphatic heterocycles. The second-order valence-corrected chi connectivity index (χ2v) is 4.28. The zero-order valence-corrected chi connectivity index (χ0v) is 11.3. The van der Waals surface area contributed by atoms with Crippen molar-refractivity contribution in [2.24, 2.45) is 0 Å². The van der Waals surface area contributed by atoms with Gasteiger partial charge in [-0.1, -0.05) is 6.92 Å². The van der Waals surface area contributed by atoms with E-state index in [2.05, 4.69) is 25.4 Å². The molecule has 1 amide bonds. The quantitative estimate of drug-likeness (QED) is 0.847. The van der Waals surface area contributed by atoms with Crippen LogP contribution in [-0.2, 0) is 6.54 Å². The van der Waals surface area contributed by atoms with Gasteiger partial charge in [0.15, 0.2) is 5.82 Å². The van der Waals surface area contributed by atoms with Crippen LogP contribution < -0.4 is 5.32 Å². The van der Waals surface area contributed by atoms with Gasteiger partial charge in [0.1, 0.15) is 12.2 Å². The maximum Gasteiger partial charge on any atom is 0.287 e. The predicted molar refractivity (Wildman–Crippen MR) is 69.5 cm³/mol. The van der Waals surface area contributed by atoms with Crippen molar-refractivity contribution in [3.63, 3.8) is 0 Å². The molecule has 0 saturated carbocycles. The number of carbonyl (C=O) groups excluding carboxylic acids is 1. The van der Waals surface area contributed by atoms with Crippen molar-refractivity contribution >= 4 is 5.91 Å². The summed E-state index contributed by atoms with van der Waals surface area (Å²) in [7, 11) is 0. The van der Waals surface area contributed by atoms with Crippen LogP contribution in [0.3, 0.4) is 0 Å². The molecule has 0 spiro atoms. The average molecular weight is 262 g/mol. The van der Waals surface area contributed by atoms with Gasteiger partial charge in [0.2, 0.25) is 0 Å². The highest BCUT2D eigenvalue weighted by Gasteiger charge is 2.20. The molecule has 1 atom stereocenters. The second-order valence-electron chi connectivity index (χ2n) is 4.28. The number of amides is 1. The van der Waals surface area contributed by atoms with Crippen LogP contribution >= 0.6 is 0 Å². The summed E-state index contributed by atoms with van der Waals surface area (Å²) in [6.45, 7) is 6.56. The standard InChI is InChI=1S/C12H18N6O/c1-4-9(11-14-7-15-18(11)5-2)17-12(19)10-13-6-8(3)16-10/h6-7,9H,4-5H2,1-3H3,(H,13,16)(H,17,19). The molecule has 0 aliphatic carbocycles. The lowest BCUT2D eigenvalue weighted by atomic mass is 10.2. The molecule has 7 nitrogen and oxygen atoms in total. The SMILES string of the molecule is CCC(NC(=O)c1ncc(C)[nH]1)c1ncnn1CC. The number of H-pyrrole nitrogens is 1. The van der Waals surface area contributed by atoms with Crippen molar-refractivity contribution in [1.82, 2.24) is 30.0 Å². The smallest absolute Gasteiger partial charge is 0.287 e. The molecular formula is C12H18N6O. The fourth-order valence-corrected chi connectivity index (χ4v) is 1.89. The number of carbonyl (C=O) groups is 1. The zero-order chi connectivity index (χ0) is 13.8. The van der Waals surface area contributed by atoms with Crippen LogP contribution in [0.2, 0.25) is 0 Å². The lowest BCUT2D eigenvalue weighted by Gasteiger charge is -2.15. The minimum Gasteiger partial charge on any atom is -0.339 e. The molecule has 0 fully saturated rings. The monoisotopic (exact) mass is 262 g/mol. The van der Waals surface area contributed by atoms with E-state index in [4.69, 9.17) is 0 Å². The molecule has 2 heterocycles. The first kappa shape index (κ1) is 13.3. The van der Waals surface area contributed by atoms with Crippen LogP contribution in [0.1, 0.15) is 48.4 Å². The number of nitrogens with zero attached hydrogens (tertiary/aromatic N) is 4. The van der Waals surface area contributed by atoms with E-state index < -0.39 is 0 Å². The topological polar surface area (TPSA) is 88.5 Å². The highest BCUT2D eigenvalue weighted by Crippen LogP contribution is 2.14. The minimum atomic E-state index is -0.231. The van der Waals surface area contributed by atoms with Crippen molar-refractivity contribution in [2.45, 2.75) is 39.8 Å². The van der Waals surface area contributed by atoms with Gasteiger partial charge in [-0.2, -0.15) is 5.10 Å². The molecule has 0 aromatic carbocycles. The molecule has 0 bridgehead atoms. The van der Waals surface area contributed by atoms with E-state index in [0.717, 1.165) is 24.5 Å². The fourth-order valence-electron chi connectivity index (χ4n) is 1.89. The van der Waals surface area contributed by atoms with Crippen molar-refractivity contribution < 1.29 is 4.79 Å². The van der Waals surface area contributed by atoms with Gasteiger partial charge < -0.3 is 10.3 Å². The average Bonchev–Trinajstić information content (AvgIpc) is 3.03. The summed E-state index contributed by atoms with van der Waals surface area (Å²) in [4.78, 5) is 23.2. The molecule has 2 rings (SSSR count). The largest absolute Gasteiger partial charge is 0.339 e. The predicted octanol–water partition coefficient (Wildman–Crippen LogP) is 1.21. The van der Waals surface area contributed by atoms with E-state index in [1.54, 1.807) is 10.9 Å². The van der Waals surface area contributed by atoms with E-state index >= 15 is 0 Å². The van der Waals surface area contributed by atoms with Gasteiger partial charge in [-0.05, 0) is 20.3 Å². The zero-order valence-electron chi connectivity index (χ0n) is 11.3. The van der Waals surface area contributed by atoms with Gasteiger partial charge >= 0.3 is 0 Å². The molecule has 1 unspecified atom stereocenters. The third-order valence-corrected chi connectivity index (χ3v) is 2.89. The van der Waals surface area contributed by atoms with Gasteiger partial charge in [0, 0.05) is 18.4 Å². The maximum atomic E-state index is 12.1. The van der Waals surface area contributed by atoms with Crippen LogP contribution in [0.25, 0.3) is 0 Å². The molecular weight excluding hydrogens is 244 g/mol. The molecule has 2 aromatic rings. The Morgan fingerprint density at radius 3 is 2.84 bits per heavy atom. The van der Waals surface area contributed by atoms with E-state index in [-0.39, 0.29) is 11.9 Å². The third kappa shape index (κ3) is 2.81. The first-order chi connectivity index (χ1) is 9.15. The molecule has 0 saturated heterocycles. The summed E-state index contributed by atoms with van der Waals surface area (Å²) in [6.07, 6.45) is 3.87. The normalized spacial score (nSPS) is 12.4. The number of rotatable bonds is 5. The van der Waals surface area contributed by atoms with Crippen LogP contribution in [0.15, 0.2) is 12.5 Å². The minimum absolute atomic E-state index is 0.166. The van der Waals surface area contributed by atoms with Crippen LogP contribution in [0.4, 0.5) is 0 Å². The number of nitrogens with one attached hydrogen (secondary N) is 2. The molecule has 102 valence electrons. The third-order valence-electron chi connectivity index (χ3n) is 2.89. The fraction of sp³-hybridized carbons (Fsp3) is 0.500. The van der Waals surface area contributed by atoms with E-state index in [9.17, 15) is 4.79 Å². The number of aromatic amines is 1. The molecule has 19 heavy (non-hydrogen) atoms. The van der Waals surface area contributed by atoms with E-state index in [1.165, 1.54) is 6.33 Å². The van der Waals surface area contributed by atoms with Crippen molar-refractivity contribution in [3.8, 4) is 0 Å².